The molecular formula is C24H27N6O5SW-. The maximum absolute atomic E-state index is 13.4. The van der Waals surface area contributed by atoms with Crippen LogP contribution < -0.4 is 14.8 Å². The average molecular weight is 695 g/mol. The third-order valence-corrected chi connectivity index (χ3v) is 8.71. The number of amides is 1. The standard InChI is InChI=1S/C24H27N6O5S.W/c1-3-35-21-16-25-15-19(28-21)17(2)5-4-11-26-22(31)24(9-13-34-14-10-24)20-8-12-27-23(29-20)30-36(32,33)18-6-7-18;/h2,4-5,8,12,15-16,18H,3,6-7,9-10,13-14H2,1H3,(H,26,31)(H,27,29,30);/q-1;/b17-5+;. The van der Waals surface area contributed by atoms with Crippen LogP contribution in [0.25, 0.3) is 5.57 Å². The van der Waals surface area contributed by atoms with E-state index in [1.165, 1.54) is 25.6 Å². The zero-order valence-electron chi connectivity index (χ0n) is 20.2. The van der Waals surface area contributed by atoms with Crippen LogP contribution in [0.4, 0.5) is 5.95 Å². The summed E-state index contributed by atoms with van der Waals surface area (Å²) in [7, 11) is -3.53. The van der Waals surface area contributed by atoms with Gasteiger partial charge in [0.1, 0.15) is 0 Å². The van der Waals surface area contributed by atoms with Crippen LogP contribution in [0.5, 0.6) is 5.88 Å². The Morgan fingerprint density at radius 2 is 2.08 bits per heavy atom. The van der Waals surface area contributed by atoms with Crippen molar-refractivity contribution in [2.75, 3.05) is 24.5 Å². The Hall–Kier alpha value is -2.82. The second-order valence-corrected chi connectivity index (χ2v) is 11.3. The van der Waals surface area contributed by atoms with Gasteiger partial charge in [-0.1, -0.05) is 0 Å². The zero-order valence-corrected chi connectivity index (χ0v) is 24.0. The van der Waals surface area contributed by atoms with Gasteiger partial charge in [0.25, 0.3) is 0 Å². The summed E-state index contributed by atoms with van der Waals surface area (Å²) < 4.78 is 40.0. The molecule has 1 amide bonds. The third kappa shape index (κ3) is 6.74. The fraction of sp³-hybridized carbons (Fsp3) is 0.417. The molecule has 0 atom stereocenters. The molecule has 1 saturated carbocycles. The summed E-state index contributed by atoms with van der Waals surface area (Å²) in [6, 6.07) is 1.64. The molecule has 1 aliphatic carbocycles. The molecular weight excluding hydrogens is 668 g/mol. The van der Waals surface area contributed by atoms with Crippen LogP contribution in [0.3, 0.4) is 0 Å². The molecule has 4 rings (SSSR count). The summed E-state index contributed by atoms with van der Waals surface area (Å²) in [5.74, 6) is 0.0987. The fourth-order valence-electron chi connectivity index (χ4n) is 3.83. The summed E-state index contributed by atoms with van der Waals surface area (Å²) in [5.41, 5.74) is 0.888. The average Bonchev–Trinajstić information content (AvgIpc) is 3.76. The molecule has 196 valence electrons. The predicted molar refractivity (Wildman–Crippen MR) is 133 cm³/mol. The molecule has 3 heterocycles. The van der Waals surface area contributed by atoms with Crippen LogP contribution in [0.15, 0.2) is 36.8 Å². The van der Waals surface area contributed by atoms with Crippen molar-refractivity contribution >= 4 is 31.9 Å². The van der Waals surface area contributed by atoms with E-state index in [1.807, 2.05) is 11.3 Å². The summed E-state index contributed by atoms with van der Waals surface area (Å²) in [6.07, 6.45) is 12.9. The van der Waals surface area contributed by atoms with Gasteiger partial charge in [-0.2, -0.15) is 0 Å². The summed E-state index contributed by atoms with van der Waals surface area (Å²) in [4.78, 5) is 30.5. The molecule has 0 spiro atoms. The first-order chi connectivity index (χ1) is 17.9. The maximum atomic E-state index is 13.4. The number of aromatic nitrogens is 4. The molecule has 2 aromatic heterocycles. The van der Waals surface area contributed by atoms with Crippen molar-refractivity contribution in [2.24, 2.45) is 0 Å². The van der Waals surface area contributed by atoms with Crippen molar-refractivity contribution < 1.29 is 42.0 Å². The minimum absolute atomic E-state index is 0.0356. The van der Waals surface area contributed by atoms with Crippen molar-refractivity contribution in [1.29, 1.82) is 0 Å². The Morgan fingerprint density at radius 3 is 2.78 bits per heavy atom. The number of hydrogen-bond acceptors (Lipinski definition) is 9. The van der Waals surface area contributed by atoms with Crippen LogP contribution in [0, 0.1) is 6.20 Å². The van der Waals surface area contributed by atoms with E-state index in [1.54, 1.807) is 30.6 Å². The Balaban J connectivity index is 1.51. The number of nitrogens with zero attached hydrogens (tertiary/aromatic N) is 4. The summed E-state index contributed by atoms with van der Waals surface area (Å²) in [6.45, 7) is 3.11. The molecule has 0 bridgehead atoms. The van der Waals surface area contributed by atoms with Crippen LogP contribution in [0.1, 0.15) is 44.0 Å². The first-order valence-electron chi connectivity index (χ1n) is 11.8. The SMILES string of the molecule is CCOc1cncc(/C([CH]=[W])=C/C=[C-]NC(=O)C2(c3ccnc(NS(=O)(=O)C4CC4)n3)CCOCC2)n1. The number of hydrogen-bond donors (Lipinski definition) is 2. The molecule has 2 N–H and O–H groups in total. The van der Waals surface area contributed by atoms with Crippen molar-refractivity contribution in [3.63, 3.8) is 0 Å². The van der Waals surface area contributed by atoms with Crippen LogP contribution >= 0.6 is 0 Å². The molecule has 13 heteroatoms. The normalized spacial score (nSPS) is 17.8. The minimum atomic E-state index is -3.53. The molecule has 37 heavy (non-hydrogen) atoms. The molecule has 2 fully saturated rings. The van der Waals surface area contributed by atoms with E-state index in [9.17, 15) is 13.2 Å². The molecule has 0 unspecified atom stereocenters. The van der Waals surface area contributed by atoms with E-state index in [2.05, 4.69) is 36.2 Å². The van der Waals surface area contributed by atoms with Gasteiger partial charge in [0.2, 0.25) is 10.0 Å². The Bertz CT molecular complexity index is 1310. The first kappa shape index (κ1) is 27.2. The van der Waals surface area contributed by atoms with Gasteiger partial charge in [0.15, 0.2) is 0 Å². The molecule has 2 aliphatic rings. The molecule has 1 saturated heterocycles. The molecule has 2 aromatic rings. The Labute approximate surface area is 226 Å². The van der Waals surface area contributed by atoms with Gasteiger partial charge in [-0.05, 0) is 12.8 Å². The van der Waals surface area contributed by atoms with Gasteiger partial charge < -0.3 is 0 Å². The fourth-order valence-corrected chi connectivity index (χ4v) is 5.82. The zero-order chi connectivity index (χ0) is 26.3. The molecule has 0 radical (unpaired) electrons. The van der Waals surface area contributed by atoms with Gasteiger partial charge in [0.05, 0.1) is 5.25 Å². The van der Waals surface area contributed by atoms with E-state index < -0.39 is 20.7 Å². The van der Waals surface area contributed by atoms with E-state index in [0.717, 1.165) is 5.57 Å². The van der Waals surface area contributed by atoms with Gasteiger partial charge in [-0.15, -0.1) is 0 Å². The number of allylic oxidation sites excluding steroid dienone is 3. The van der Waals surface area contributed by atoms with Crippen molar-refractivity contribution in [2.45, 2.75) is 43.3 Å². The van der Waals surface area contributed by atoms with E-state index >= 15 is 0 Å². The number of carbonyl (C=O) groups is 1. The Morgan fingerprint density at radius 1 is 1.30 bits per heavy atom. The monoisotopic (exact) mass is 695 g/mol. The summed E-state index contributed by atoms with van der Waals surface area (Å²) >= 11 is 1.22. The van der Waals surface area contributed by atoms with Crippen molar-refractivity contribution in [1.82, 2.24) is 25.3 Å². The van der Waals surface area contributed by atoms with Gasteiger partial charge in [-0.3, -0.25) is 0 Å². The third-order valence-electron chi connectivity index (χ3n) is 5.98. The predicted octanol–water partition coefficient (Wildman–Crippen LogP) is 1.48. The van der Waals surface area contributed by atoms with Crippen molar-refractivity contribution in [3.05, 3.63) is 54.4 Å². The molecule has 1 aliphatic heterocycles. The van der Waals surface area contributed by atoms with E-state index in [-0.39, 0.29) is 11.9 Å². The van der Waals surface area contributed by atoms with Crippen molar-refractivity contribution in [3.8, 4) is 5.88 Å². The first-order valence-corrected chi connectivity index (χ1v) is 15.0. The number of nitrogens with one attached hydrogen (secondary N) is 2. The quantitative estimate of drug-likeness (QED) is 0.203. The Kier molecular flexibility index (Phi) is 8.94. The van der Waals surface area contributed by atoms with Gasteiger partial charge in [-0.25, -0.2) is 8.42 Å². The number of sulfonamides is 1. The van der Waals surface area contributed by atoms with Gasteiger partial charge >= 0.3 is 191 Å². The van der Waals surface area contributed by atoms with E-state index in [0.29, 0.717) is 62.8 Å². The number of anilines is 1. The molecule has 11 nitrogen and oxygen atoms in total. The number of rotatable bonds is 11. The second kappa shape index (κ2) is 12.1. The number of carbonyl (C=O) groups excluding carboxylic acids is 1. The summed E-state index contributed by atoms with van der Waals surface area (Å²) in [5, 5.41) is 2.33. The molecule has 0 aromatic carbocycles. The van der Waals surface area contributed by atoms with E-state index in [4.69, 9.17) is 9.47 Å². The number of ether oxygens (including phenoxy) is 2. The van der Waals surface area contributed by atoms with Crippen LogP contribution in [-0.4, -0.2) is 63.7 Å². The van der Waals surface area contributed by atoms with Crippen LogP contribution in [0.2, 0.25) is 0 Å². The topological polar surface area (TPSA) is 145 Å². The second-order valence-electron chi connectivity index (χ2n) is 8.49. The van der Waals surface area contributed by atoms with Crippen LogP contribution in [-0.2, 0) is 44.3 Å². The van der Waals surface area contributed by atoms with Gasteiger partial charge in [0, 0.05) is 0 Å².